The Bertz CT molecular complexity index is 783. The number of aromatic nitrogens is 3. The molecule has 1 N–H and O–H groups in total. The topological polar surface area (TPSA) is 59.8 Å². The summed E-state index contributed by atoms with van der Waals surface area (Å²) in [5.41, 5.74) is -3.59. The summed E-state index contributed by atoms with van der Waals surface area (Å²) in [5, 5.41) is 9.96. The number of amides is 1. The SMILES string of the molecule is CC(C)n1cnnc1SCC(=O)Nc1cc(C(F)(F)F)cc(C(F)(F)F)c1. The van der Waals surface area contributed by atoms with Gasteiger partial charge < -0.3 is 9.88 Å². The average molecular weight is 412 g/mol. The first-order chi connectivity index (χ1) is 12.4. The highest BCUT2D eigenvalue weighted by atomic mass is 32.2. The Labute approximate surface area is 154 Å². The predicted molar refractivity (Wildman–Crippen MR) is 86.2 cm³/mol. The molecule has 0 atom stereocenters. The second-order valence-electron chi connectivity index (χ2n) is 5.75. The molecule has 1 aromatic heterocycles. The molecular formula is C15H14F6N4OS. The second kappa shape index (κ2) is 7.79. The molecule has 12 heteroatoms. The average Bonchev–Trinajstić information content (AvgIpc) is 2.99. The molecule has 0 radical (unpaired) electrons. The summed E-state index contributed by atoms with van der Waals surface area (Å²) in [6, 6.07) is 0.918. The molecule has 1 amide bonds. The number of nitrogens with zero attached hydrogens (tertiary/aromatic N) is 3. The molecule has 1 aromatic carbocycles. The summed E-state index contributed by atoms with van der Waals surface area (Å²) < 4.78 is 78.6. The smallest absolute Gasteiger partial charge is 0.325 e. The molecule has 0 saturated heterocycles. The van der Waals surface area contributed by atoms with Crippen LogP contribution in [0.5, 0.6) is 0 Å². The number of carbonyl (C=O) groups excluding carboxylic acids is 1. The fourth-order valence-corrected chi connectivity index (χ4v) is 2.89. The van der Waals surface area contributed by atoms with E-state index in [4.69, 9.17) is 0 Å². The minimum absolute atomic E-state index is 0.00445. The maximum absolute atomic E-state index is 12.8. The van der Waals surface area contributed by atoms with Crippen LogP contribution in [0.4, 0.5) is 32.0 Å². The number of anilines is 1. The number of thioether (sulfide) groups is 1. The lowest BCUT2D eigenvalue weighted by molar-refractivity contribution is -0.143. The van der Waals surface area contributed by atoms with E-state index in [0.717, 1.165) is 11.8 Å². The van der Waals surface area contributed by atoms with Gasteiger partial charge in [0.1, 0.15) is 6.33 Å². The van der Waals surface area contributed by atoms with Crippen LogP contribution in [-0.2, 0) is 17.1 Å². The van der Waals surface area contributed by atoms with Gasteiger partial charge in [0.2, 0.25) is 5.91 Å². The molecule has 0 aliphatic carbocycles. The van der Waals surface area contributed by atoms with Crippen LogP contribution in [0, 0.1) is 0 Å². The van der Waals surface area contributed by atoms with Crippen molar-refractivity contribution >= 4 is 23.4 Å². The molecule has 0 aliphatic heterocycles. The fraction of sp³-hybridized carbons (Fsp3) is 0.400. The molecule has 148 valence electrons. The van der Waals surface area contributed by atoms with Gasteiger partial charge in [-0.25, -0.2) is 0 Å². The van der Waals surface area contributed by atoms with E-state index in [9.17, 15) is 31.1 Å². The summed E-state index contributed by atoms with van der Waals surface area (Å²) in [7, 11) is 0. The van der Waals surface area contributed by atoms with Gasteiger partial charge in [0, 0.05) is 11.7 Å². The zero-order valence-electron chi connectivity index (χ0n) is 14.0. The molecule has 0 saturated carbocycles. The van der Waals surface area contributed by atoms with Crippen molar-refractivity contribution in [2.24, 2.45) is 0 Å². The molecule has 0 bridgehead atoms. The Morgan fingerprint density at radius 1 is 1.11 bits per heavy atom. The maximum atomic E-state index is 12.8. The molecule has 2 aromatic rings. The number of hydrogen-bond donors (Lipinski definition) is 1. The molecule has 0 aliphatic rings. The van der Waals surface area contributed by atoms with E-state index in [1.807, 2.05) is 13.8 Å². The van der Waals surface area contributed by atoms with Crippen molar-refractivity contribution in [1.82, 2.24) is 14.8 Å². The lowest BCUT2D eigenvalue weighted by Crippen LogP contribution is -2.17. The summed E-state index contributed by atoms with van der Waals surface area (Å²) in [5.74, 6) is -1.03. The first-order valence-electron chi connectivity index (χ1n) is 7.49. The first-order valence-corrected chi connectivity index (χ1v) is 8.48. The van der Waals surface area contributed by atoms with Crippen LogP contribution < -0.4 is 5.32 Å². The molecule has 5 nitrogen and oxygen atoms in total. The highest BCUT2D eigenvalue weighted by molar-refractivity contribution is 7.99. The van der Waals surface area contributed by atoms with Crippen molar-refractivity contribution in [3.63, 3.8) is 0 Å². The minimum Gasteiger partial charge on any atom is -0.325 e. The normalized spacial score (nSPS) is 12.5. The van der Waals surface area contributed by atoms with Gasteiger partial charge in [-0.3, -0.25) is 4.79 Å². The summed E-state index contributed by atoms with van der Waals surface area (Å²) >= 11 is 0.962. The van der Waals surface area contributed by atoms with Crippen LogP contribution in [-0.4, -0.2) is 26.4 Å². The van der Waals surface area contributed by atoms with E-state index < -0.39 is 35.1 Å². The molecule has 0 unspecified atom stereocenters. The number of nitrogens with one attached hydrogen (secondary N) is 1. The summed E-state index contributed by atoms with van der Waals surface area (Å²) in [6.07, 6.45) is -8.51. The van der Waals surface area contributed by atoms with Gasteiger partial charge in [-0.15, -0.1) is 10.2 Å². The highest BCUT2D eigenvalue weighted by Crippen LogP contribution is 2.37. The van der Waals surface area contributed by atoms with Gasteiger partial charge >= 0.3 is 12.4 Å². The third-order valence-electron chi connectivity index (χ3n) is 3.30. The predicted octanol–water partition coefficient (Wildman–Crippen LogP) is 4.63. The van der Waals surface area contributed by atoms with Crippen LogP contribution in [0.1, 0.15) is 31.0 Å². The molecule has 27 heavy (non-hydrogen) atoms. The standard InChI is InChI=1S/C15H14F6N4OS/c1-8(2)25-7-22-24-13(25)27-6-12(26)23-11-4-9(14(16,17)18)3-10(5-11)15(19,20)21/h3-5,7-8H,6H2,1-2H3,(H,23,26). The Kier molecular flexibility index (Phi) is 6.07. The van der Waals surface area contributed by atoms with Crippen molar-refractivity contribution in [1.29, 1.82) is 0 Å². The van der Waals surface area contributed by atoms with Gasteiger partial charge in [-0.1, -0.05) is 11.8 Å². The van der Waals surface area contributed by atoms with E-state index in [0.29, 0.717) is 17.3 Å². The van der Waals surface area contributed by atoms with E-state index >= 15 is 0 Å². The first kappa shape index (κ1) is 21.1. The molecule has 0 fully saturated rings. The van der Waals surface area contributed by atoms with E-state index in [-0.39, 0.29) is 17.9 Å². The highest BCUT2D eigenvalue weighted by Gasteiger charge is 2.37. The largest absolute Gasteiger partial charge is 0.416 e. The van der Waals surface area contributed by atoms with Gasteiger partial charge in [0.15, 0.2) is 5.16 Å². The number of benzene rings is 1. The van der Waals surface area contributed by atoms with Crippen molar-refractivity contribution in [3.05, 3.63) is 35.7 Å². The van der Waals surface area contributed by atoms with Crippen molar-refractivity contribution in [2.45, 2.75) is 37.4 Å². The lowest BCUT2D eigenvalue weighted by atomic mass is 10.1. The molecule has 0 spiro atoms. The zero-order chi connectivity index (χ0) is 20.4. The zero-order valence-corrected chi connectivity index (χ0v) is 14.8. The Hall–Kier alpha value is -2.24. The Balaban J connectivity index is 2.16. The molecule has 1 heterocycles. The number of carbonyl (C=O) groups is 1. The monoisotopic (exact) mass is 412 g/mol. The van der Waals surface area contributed by atoms with Crippen LogP contribution in [0.25, 0.3) is 0 Å². The van der Waals surface area contributed by atoms with Gasteiger partial charge in [0.25, 0.3) is 0 Å². The lowest BCUT2D eigenvalue weighted by Gasteiger charge is -2.15. The van der Waals surface area contributed by atoms with Crippen LogP contribution in [0.2, 0.25) is 0 Å². The van der Waals surface area contributed by atoms with Crippen molar-refractivity contribution in [3.8, 4) is 0 Å². The fourth-order valence-electron chi connectivity index (χ4n) is 2.04. The van der Waals surface area contributed by atoms with Gasteiger partial charge in [-0.2, -0.15) is 26.3 Å². The van der Waals surface area contributed by atoms with Gasteiger partial charge in [-0.05, 0) is 32.0 Å². The minimum atomic E-state index is -4.98. The van der Waals surface area contributed by atoms with E-state index in [1.54, 1.807) is 4.57 Å². The number of hydrogen-bond acceptors (Lipinski definition) is 4. The molecular weight excluding hydrogens is 398 g/mol. The second-order valence-corrected chi connectivity index (χ2v) is 6.69. The third kappa shape index (κ3) is 5.62. The van der Waals surface area contributed by atoms with Crippen LogP contribution >= 0.6 is 11.8 Å². The van der Waals surface area contributed by atoms with Gasteiger partial charge in [0.05, 0.1) is 16.9 Å². The summed E-state index contributed by atoms with van der Waals surface area (Å²) in [4.78, 5) is 12.0. The Morgan fingerprint density at radius 3 is 2.15 bits per heavy atom. The maximum Gasteiger partial charge on any atom is 0.416 e. The third-order valence-corrected chi connectivity index (χ3v) is 4.26. The number of rotatable bonds is 5. The number of alkyl halides is 6. The number of halogens is 6. The van der Waals surface area contributed by atoms with Crippen molar-refractivity contribution in [2.75, 3.05) is 11.1 Å². The molecule has 2 rings (SSSR count). The summed E-state index contributed by atoms with van der Waals surface area (Å²) in [6.45, 7) is 3.71. The van der Waals surface area contributed by atoms with Crippen LogP contribution in [0.15, 0.2) is 29.7 Å². The van der Waals surface area contributed by atoms with Crippen molar-refractivity contribution < 1.29 is 31.1 Å². The Morgan fingerprint density at radius 2 is 1.67 bits per heavy atom. The quantitative estimate of drug-likeness (QED) is 0.575. The van der Waals surface area contributed by atoms with E-state index in [2.05, 4.69) is 15.5 Å². The van der Waals surface area contributed by atoms with E-state index in [1.165, 1.54) is 6.33 Å². The van der Waals surface area contributed by atoms with Crippen LogP contribution in [0.3, 0.4) is 0 Å².